The van der Waals surface area contributed by atoms with Crippen LogP contribution in [0.15, 0.2) is 22.9 Å². The smallest absolute Gasteiger partial charge is 0.256 e. The van der Waals surface area contributed by atoms with Crippen LogP contribution in [0, 0.1) is 0 Å². The third kappa shape index (κ3) is 4.02. The van der Waals surface area contributed by atoms with E-state index in [9.17, 15) is 13.2 Å². The van der Waals surface area contributed by atoms with E-state index in [0.717, 1.165) is 0 Å². The molecule has 8 heteroatoms. The Morgan fingerprint density at radius 2 is 2.33 bits per heavy atom. The van der Waals surface area contributed by atoms with Gasteiger partial charge in [-0.15, -0.1) is 0 Å². The molecule has 1 aromatic rings. The van der Waals surface area contributed by atoms with Crippen LogP contribution in [-0.2, 0) is 14.6 Å². The number of nitrogens with zero attached hydrogens (tertiary/aromatic N) is 2. The highest BCUT2D eigenvalue weighted by molar-refractivity contribution is 9.10. The molecule has 1 saturated heterocycles. The summed E-state index contributed by atoms with van der Waals surface area (Å²) in [5, 5.41) is 0. The van der Waals surface area contributed by atoms with Crippen molar-refractivity contribution in [1.82, 2.24) is 9.88 Å². The van der Waals surface area contributed by atoms with Gasteiger partial charge in [0.25, 0.3) is 5.91 Å². The predicted molar refractivity (Wildman–Crippen MR) is 81.9 cm³/mol. The number of methoxy groups -OCH3 is 1. The Bertz CT molecular complexity index is 620. The first-order chi connectivity index (χ1) is 9.94. The maximum atomic E-state index is 12.7. The molecule has 2 rings (SSSR count). The zero-order chi connectivity index (χ0) is 15.5. The Morgan fingerprint density at radius 1 is 1.57 bits per heavy atom. The number of ether oxygens (including phenoxy) is 1. The molecule has 21 heavy (non-hydrogen) atoms. The maximum absolute atomic E-state index is 12.7. The van der Waals surface area contributed by atoms with Crippen molar-refractivity contribution in [2.45, 2.75) is 12.5 Å². The van der Waals surface area contributed by atoms with Crippen LogP contribution >= 0.6 is 15.9 Å². The Morgan fingerprint density at radius 3 is 2.90 bits per heavy atom. The standard InChI is InChI=1S/C13H17BrN2O4S/c1-20-7-6-16(10-4-8-21(18,19)9-10)13(17)11-3-2-5-15-12(11)14/h2-3,5,10H,4,6-9H2,1H3. The van der Waals surface area contributed by atoms with E-state index in [2.05, 4.69) is 20.9 Å². The van der Waals surface area contributed by atoms with Crippen molar-refractivity contribution in [3.63, 3.8) is 0 Å². The van der Waals surface area contributed by atoms with Crippen LogP contribution in [-0.4, -0.2) is 62.0 Å². The lowest BCUT2D eigenvalue weighted by Crippen LogP contribution is -2.43. The summed E-state index contributed by atoms with van der Waals surface area (Å²) < 4.78 is 28.8. The fourth-order valence-electron chi connectivity index (χ4n) is 2.36. The fourth-order valence-corrected chi connectivity index (χ4v) is 4.51. The molecule has 2 heterocycles. The van der Waals surface area contributed by atoms with Gasteiger partial charge in [0.2, 0.25) is 0 Å². The van der Waals surface area contributed by atoms with Crippen LogP contribution in [0.5, 0.6) is 0 Å². The molecule has 1 aliphatic heterocycles. The van der Waals surface area contributed by atoms with Crippen molar-refractivity contribution in [3.05, 3.63) is 28.5 Å². The normalized spacial score (nSPS) is 20.4. The molecule has 0 radical (unpaired) electrons. The number of sulfone groups is 1. The summed E-state index contributed by atoms with van der Waals surface area (Å²) in [7, 11) is -1.50. The summed E-state index contributed by atoms with van der Waals surface area (Å²) in [5.74, 6) is -0.0858. The number of carbonyl (C=O) groups is 1. The molecule has 1 atom stereocenters. The van der Waals surface area contributed by atoms with E-state index in [4.69, 9.17) is 4.74 Å². The lowest BCUT2D eigenvalue weighted by Gasteiger charge is -2.28. The van der Waals surface area contributed by atoms with Gasteiger partial charge in [0.05, 0.1) is 23.7 Å². The fraction of sp³-hybridized carbons (Fsp3) is 0.538. The molecule has 0 aliphatic carbocycles. The predicted octanol–water partition coefficient (Wildman–Crippen LogP) is 1.12. The van der Waals surface area contributed by atoms with E-state index in [-0.39, 0.29) is 23.5 Å². The van der Waals surface area contributed by atoms with Crippen molar-refractivity contribution in [2.75, 3.05) is 31.8 Å². The number of halogens is 1. The Kier molecular flexibility index (Phi) is 5.34. The van der Waals surface area contributed by atoms with Crippen LogP contribution in [0.3, 0.4) is 0 Å². The molecule has 1 fully saturated rings. The van der Waals surface area contributed by atoms with Gasteiger partial charge >= 0.3 is 0 Å². The number of pyridine rings is 1. The van der Waals surface area contributed by atoms with E-state index in [0.29, 0.717) is 29.7 Å². The average molecular weight is 377 g/mol. The number of rotatable bonds is 5. The second-order valence-electron chi connectivity index (χ2n) is 4.89. The van der Waals surface area contributed by atoms with Crippen LogP contribution in [0.2, 0.25) is 0 Å². The second kappa shape index (κ2) is 6.85. The quantitative estimate of drug-likeness (QED) is 0.719. The first kappa shape index (κ1) is 16.4. The molecule has 0 N–H and O–H groups in total. The van der Waals surface area contributed by atoms with Crippen molar-refractivity contribution < 1.29 is 17.9 Å². The van der Waals surface area contributed by atoms with Gasteiger partial charge < -0.3 is 9.64 Å². The Balaban J connectivity index is 2.24. The van der Waals surface area contributed by atoms with E-state index in [1.54, 1.807) is 30.3 Å². The average Bonchev–Trinajstić information content (AvgIpc) is 2.79. The minimum absolute atomic E-state index is 0.0142. The Labute approximate surface area is 132 Å². The molecule has 1 aliphatic rings. The summed E-state index contributed by atoms with van der Waals surface area (Å²) in [5.41, 5.74) is 0.429. The van der Waals surface area contributed by atoms with Crippen molar-refractivity contribution in [1.29, 1.82) is 0 Å². The number of hydrogen-bond acceptors (Lipinski definition) is 5. The van der Waals surface area contributed by atoms with E-state index in [1.165, 1.54) is 0 Å². The molecule has 0 bridgehead atoms. The minimum atomic E-state index is -3.05. The second-order valence-corrected chi connectivity index (χ2v) is 7.87. The van der Waals surface area contributed by atoms with Gasteiger partial charge in [0.1, 0.15) is 4.60 Å². The third-order valence-corrected chi connectivity index (χ3v) is 5.82. The minimum Gasteiger partial charge on any atom is -0.383 e. The first-order valence-electron chi connectivity index (χ1n) is 6.55. The highest BCUT2D eigenvalue weighted by atomic mass is 79.9. The molecule has 6 nitrogen and oxygen atoms in total. The van der Waals surface area contributed by atoms with Crippen LogP contribution in [0.4, 0.5) is 0 Å². The van der Waals surface area contributed by atoms with E-state index in [1.807, 2.05) is 0 Å². The summed E-state index contributed by atoms with van der Waals surface area (Å²) >= 11 is 3.26. The zero-order valence-electron chi connectivity index (χ0n) is 11.7. The van der Waals surface area contributed by atoms with Crippen LogP contribution in [0.25, 0.3) is 0 Å². The molecule has 1 unspecified atom stereocenters. The van der Waals surface area contributed by atoms with Crippen molar-refractivity contribution in [2.24, 2.45) is 0 Å². The SMILES string of the molecule is COCCN(C(=O)c1cccnc1Br)C1CCS(=O)(=O)C1. The summed E-state index contributed by atoms with van der Waals surface area (Å²) in [6.45, 7) is 0.719. The number of hydrogen-bond donors (Lipinski definition) is 0. The summed E-state index contributed by atoms with van der Waals surface area (Å²) in [6, 6.07) is 3.05. The molecule has 0 saturated carbocycles. The molecule has 1 amide bonds. The summed E-state index contributed by atoms with van der Waals surface area (Å²) in [6.07, 6.45) is 2.05. The molecular formula is C13H17BrN2O4S. The highest BCUT2D eigenvalue weighted by Gasteiger charge is 2.35. The maximum Gasteiger partial charge on any atom is 0.256 e. The zero-order valence-corrected chi connectivity index (χ0v) is 14.1. The molecule has 0 spiro atoms. The number of aromatic nitrogens is 1. The first-order valence-corrected chi connectivity index (χ1v) is 9.17. The number of amides is 1. The van der Waals surface area contributed by atoms with Gasteiger partial charge in [-0.3, -0.25) is 4.79 Å². The summed E-state index contributed by atoms with van der Waals surface area (Å²) in [4.78, 5) is 18.3. The van der Waals surface area contributed by atoms with E-state index < -0.39 is 9.84 Å². The van der Waals surface area contributed by atoms with Gasteiger partial charge in [-0.1, -0.05) is 0 Å². The largest absolute Gasteiger partial charge is 0.383 e. The van der Waals surface area contributed by atoms with Gasteiger partial charge in [0, 0.05) is 25.9 Å². The van der Waals surface area contributed by atoms with Crippen LogP contribution in [0.1, 0.15) is 16.8 Å². The molecule has 116 valence electrons. The van der Waals surface area contributed by atoms with Crippen molar-refractivity contribution in [3.8, 4) is 0 Å². The number of carbonyl (C=O) groups excluding carboxylic acids is 1. The lowest BCUT2D eigenvalue weighted by molar-refractivity contribution is 0.0623. The topological polar surface area (TPSA) is 76.6 Å². The van der Waals surface area contributed by atoms with Crippen molar-refractivity contribution >= 4 is 31.7 Å². The van der Waals surface area contributed by atoms with E-state index >= 15 is 0 Å². The third-order valence-electron chi connectivity index (χ3n) is 3.44. The van der Waals surface area contributed by atoms with Gasteiger partial charge in [-0.2, -0.15) is 0 Å². The van der Waals surface area contributed by atoms with Gasteiger partial charge in [-0.05, 0) is 34.5 Å². The highest BCUT2D eigenvalue weighted by Crippen LogP contribution is 2.22. The monoisotopic (exact) mass is 376 g/mol. The lowest BCUT2D eigenvalue weighted by atomic mass is 10.1. The Hall–Kier alpha value is -0.990. The van der Waals surface area contributed by atoms with Gasteiger partial charge in [-0.25, -0.2) is 13.4 Å². The molecule has 0 aromatic carbocycles. The van der Waals surface area contributed by atoms with Crippen LogP contribution < -0.4 is 0 Å². The van der Waals surface area contributed by atoms with Gasteiger partial charge in [0.15, 0.2) is 9.84 Å². The molecular weight excluding hydrogens is 360 g/mol. The molecule has 1 aromatic heterocycles.